The van der Waals surface area contributed by atoms with Crippen molar-refractivity contribution in [1.82, 2.24) is 0 Å². The minimum absolute atomic E-state index is 0.461. The number of benzene rings is 2. The Morgan fingerprint density at radius 1 is 0.824 bits per heavy atom. The van der Waals surface area contributed by atoms with Crippen molar-refractivity contribution in [2.75, 3.05) is 0 Å². The molecule has 86 valence electrons. The van der Waals surface area contributed by atoms with Gasteiger partial charge in [-0.15, -0.1) is 0 Å². The van der Waals surface area contributed by atoms with Gasteiger partial charge in [0, 0.05) is 3.57 Å². The molecule has 0 spiro atoms. The molecule has 0 atom stereocenters. The highest BCUT2D eigenvalue weighted by Gasteiger charge is 2.06. The molecule has 4 heteroatoms. The molecule has 0 heterocycles. The van der Waals surface area contributed by atoms with Crippen LogP contribution in [0.5, 0.6) is 11.5 Å². The van der Waals surface area contributed by atoms with Gasteiger partial charge < -0.3 is 9.47 Å². The van der Waals surface area contributed by atoms with Crippen LogP contribution >= 0.6 is 22.6 Å². The summed E-state index contributed by atoms with van der Waals surface area (Å²) in [6, 6.07) is 15.9. The summed E-state index contributed by atoms with van der Waals surface area (Å²) >= 11 is 2.18. The maximum Gasteiger partial charge on any atom is 0.519 e. The third-order valence-electron chi connectivity index (χ3n) is 1.96. The molecule has 2 aromatic rings. The van der Waals surface area contributed by atoms with Gasteiger partial charge in [-0.05, 0) is 59.0 Å². The summed E-state index contributed by atoms with van der Waals surface area (Å²) in [4.78, 5) is 11.4. The Kier molecular flexibility index (Phi) is 3.98. The van der Waals surface area contributed by atoms with Gasteiger partial charge >= 0.3 is 6.16 Å². The van der Waals surface area contributed by atoms with Crippen LogP contribution in [-0.4, -0.2) is 6.16 Å². The Bertz CT molecular complexity index is 494. The van der Waals surface area contributed by atoms with Crippen LogP contribution in [0, 0.1) is 3.57 Å². The molecule has 0 aromatic heterocycles. The van der Waals surface area contributed by atoms with E-state index in [1.165, 1.54) is 0 Å². The van der Waals surface area contributed by atoms with Gasteiger partial charge in [0.25, 0.3) is 0 Å². The largest absolute Gasteiger partial charge is 0.519 e. The van der Waals surface area contributed by atoms with E-state index in [9.17, 15) is 4.79 Å². The summed E-state index contributed by atoms with van der Waals surface area (Å²) in [5.41, 5.74) is 0. The van der Waals surface area contributed by atoms with E-state index in [1.807, 2.05) is 18.2 Å². The van der Waals surface area contributed by atoms with Gasteiger partial charge in [0.15, 0.2) is 0 Å². The second-order valence-corrected chi connectivity index (χ2v) is 4.47. The molecule has 0 aliphatic carbocycles. The van der Waals surface area contributed by atoms with Crippen molar-refractivity contribution in [3.8, 4) is 11.5 Å². The first-order valence-electron chi connectivity index (χ1n) is 4.94. The monoisotopic (exact) mass is 340 g/mol. The lowest BCUT2D eigenvalue weighted by molar-refractivity contribution is 0.152. The van der Waals surface area contributed by atoms with Crippen molar-refractivity contribution in [2.45, 2.75) is 0 Å². The van der Waals surface area contributed by atoms with Crippen molar-refractivity contribution < 1.29 is 14.3 Å². The van der Waals surface area contributed by atoms with E-state index < -0.39 is 6.16 Å². The number of hydrogen-bond acceptors (Lipinski definition) is 3. The number of carbonyl (C=O) groups is 1. The lowest BCUT2D eigenvalue weighted by atomic mass is 10.3. The summed E-state index contributed by atoms with van der Waals surface area (Å²) < 4.78 is 11.1. The molecule has 0 radical (unpaired) electrons. The van der Waals surface area contributed by atoms with Crippen LogP contribution in [0.25, 0.3) is 0 Å². The molecule has 0 aliphatic rings. The number of hydrogen-bond donors (Lipinski definition) is 0. The van der Waals surface area contributed by atoms with Gasteiger partial charge in [0.05, 0.1) is 0 Å². The summed E-state index contributed by atoms with van der Waals surface area (Å²) in [5, 5.41) is 0. The highest BCUT2D eigenvalue weighted by atomic mass is 127. The number of para-hydroxylation sites is 1. The molecule has 0 saturated carbocycles. The number of ether oxygens (including phenoxy) is 2. The normalized spacial score (nSPS) is 9.71. The second-order valence-electron chi connectivity index (χ2n) is 3.22. The predicted molar refractivity (Wildman–Crippen MR) is 72.3 cm³/mol. The Morgan fingerprint density at radius 3 is 1.94 bits per heavy atom. The Hall–Kier alpha value is -1.56. The fraction of sp³-hybridized carbons (Fsp3) is 0. The Balaban J connectivity index is 1.96. The molecule has 2 rings (SSSR count). The van der Waals surface area contributed by atoms with Crippen molar-refractivity contribution in [1.29, 1.82) is 0 Å². The minimum atomic E-state index is -0.739. The molecule has 3 nitrogen and oxygen atoms in total. The van der Waals surface area contributed by atoms with Crippen LogP contribution in [0.15, 0.2) is 54.6 Å². The first kappa shape index (κ1) is 11.9. The molecular weight excluding hydrogens is 331 g/mol. The van der Waals surface area contributed by atoms with Gasteiger partial charge in [0.2, 0.25) is 0 Å². The van der Waals surface area contributed by atoms with Gasteiger partial charge in [-0.2, -0.15) is 0 Å². The fourth-order valence-corrected chi connectivity index (χ4v) is 1.56. The molecule has 0 N–H and O–H groups in total. The Labute approximate surface area is 113 Å². The lowest BCUT2D eigenvalue weighted by Crippen LogP contribution is -2.13. The highest BCUT2D eigenvalue weighted by Crippen LogP contribution is 2.15. The van der Waals surface area contributed by atoms with Gasteiger partial charge in [0.1, 0.15) is 11.5 Å². The molecule has 0 aliphatic heterocycles. The van der Waals surface area contributed by atoms with E-state index in [0.29, 0.717) is 11.5 Å². The first-order chi connectivity index (χ1) is 8.24. The van der Waals surface area contributed by atoms with E-state index in [1.54, 1.807) is 36.4 Å². The number of halogens is 1. The van der Waals surface area contributed by atoms with E-state index in [2.05, 4.69) is 22.6 Å². The van der Waals surface area contributed by atoms with Crippen molar-refractivity contribution in [3.05, 3.63) is 58.2 Å². The van der Waals surface area contributed by atoms with Gasteiger partial charge in [-0.3, -0.25) is 0 Å². The van der Waals surface area contributed by atoms with E-state index in [-0.39, 0.29) is 0 Å². The average Bonchev–Trinajstić information content (AvgIpc) is 2.33. The zero-order chi connectivity index (χ0) is 12.1. The predicted octanol–water partition coefficient (Wildman–Crippen LogP) is 3.87. The van der Waals surface area contributed by atoms with Crippen LogP contribution in [-0.2, 0) is 0 Å². The van der Waals surface area contributed by atoms with Crippen LogP contribution in [0.1, 0.15) is 0 Å². The van der Waals surface area contributed by atoms with E-state index in [4.69, 9.17) is 9.47 Å². The maximum atomic E-state index is 11.4. The first-order valence-corrected chi connectivity index (χ1v) is 6.02. The lowest BCUT2D eigenvalue weighted by Gasteiger charge is -2.05. The zero-order valence-corrected chi connectivity index (χ0v) is 11.0. The Morgan fingerprint density at radius 2 is 1.35 bits per heavy atom. The number of carbonyl (C=O) groups excluding carboxylic acids is 1. The quantitative estimate of drug-likeness (QED) is 0.473. The molecule has 17 heavy (non-hydrogen) atoms. The minimum Gasteiger partial charge on any atom is -0.395 e. The van der Waals surface area contributed by atoms with Crippen LogP contribution in [0.4, 0.5) is 4.79 Å². The zero-order valence-electron chi connectivity index (χ0n) is 8.80. The van der Waals surface area contributed by atoms with Crippen molar-refractivity contribution in [3.63, 3.8) is 0 Å². The third-order valence-corrected chi connectivity index (χ3v) is 2.68. The molecule has 2 aromatic carbocycles. The summed E-state index contributed by atoms with van der Waals surface area (Å²) in [6.07, 6.45) is -0.739. The second kappa shape index (κ2) is 5.67. The van der Waals surface area contributed by atoms with Crippen LogP contribution in [0.2, 0.25) is 0 Å². The number of rotatable bonds is 2. The summed E-state index contributed by atoms with van der Waals surface area (Å²) in [5.74, 6) is 0.925. The topological polar surface area (TPSA) is 35.5 Å². The van der Waals surface area contributed by atoms with Crippen LogP contribution in [0.3, 0.4) is 0 Å². The fourth-order valence-electron chi connectivity index (χ4n) is 1.20. The molecule has 0 bridgehead atoms. The molecule has 0 amide bonds. The standard InChI is InChI=1S/C13H9IO3/c14-10-6-8-12(9-7-10)17-13(15)16-11-4-2-1-3-5-11/h1-9H. The smallest absolute Gasteiger partial charge is 0.395 e. The molecule has 0 fully saturated rings. The molecule has 0 unspecified atom stereocenters. The summed E-state index contributed by atoms with van der Waals surface area (Å²) in [6.45, 7) is 0. The van der Waals surface area contributed by atoms with Gasteiger partial charge in [-0.25, -0.2) is 4.79 Å². The van der Waals surface area contributed by atoms with E-state index in [0.717, 1.165) is 3.57 Å². The molecular formula is C13H9IO3. The van der Waals surface area contributed by atoms with Crippen molar-refractivity contribution in [2.24, 2.45) is 0 Å². The van der Waals surface area contributed by atoms with Gasteiger partial charge in [-0.1, -0.05) is 18.2 Å². The van der Waals surface area contributed by atoms with Crippen molar-refractivity contribution >= 4 is 28.7 Å². The molecule has 0 saturated heterocycles. The average molecular weight is 340 g/mol. The third kappa shape index (κ3) is 3.74. The SMILES string of the molecule is O=C(Oc1ccccc1)Oc1ccc(I)cc1. The summed E-state index contributed by atoms with van der Waals surface area (Å²) in [7, 11) is 0. The van der Waals surface area contributed by atoms with Crippen LogP contribution < -0.4 is 9.47 Å². The van der Waals surface area contributed by atoms with E-state index >= 15 is 0 Å². The maximum absolute atomic E-state index is 11.4. The highest BCUT2D eigenvalue weighted by molar-refractivity contribution is 14.1.